The summed E-state index contributed by atoms with van der Waals surface area (Å²) in [6.45, 7) is 4.07. The van der Waals surface area contributed by atoms with Crippen LogP contribution in [0.1, 0.15) is 67.6 Å². The van der Waals surface area contributed by atoms with Crippen LogP contribution in [-0.2, 0) is 27.5 Å². The molecule has 0 spiro atoms. The Balaban J connectivity index is 1.28. The van der Waals surface area contributed by atoms with E-state index in [-0.39, 0.29) is 69.5 Å². The molecule has 382 valence electrons. The first-order valence-electron chi connectivity index (χ1n) is 23.9. The highest BCUT2D eigenvalue weighted by Gasteiger charge is 2.65. The molecule has 3 N–H and O–H groups in total. The van der Waals surface area contributed by atoms with Crippen molar-refractivity contribution in [2.75, 3.05) is 53.3 Å². The number of nitrogens with one attached hydrogen (secondary N) is 1. The summed E-state index contributed by atoms with van der Waals surface area (Å²) in [5, 5.41) is 39.1. The molecule has 0 aromatic heterocycles. The van der Waals surface area contributed by atoms with E-state index in [0.29, 0.717) is 95.4 Å². The number of hydrogen-bond donors (Lipinski definition) is 3. The van der Waals surface area contributed by atoms with Gasteiger partial charge in [0.2, 0.25) is 12.6 Å². The molecule has 1 fully saturated rings. The molecular formula is C53H60N4O15. The van der Waals surface area contributed by atoms with Crippen LogP contribution in [0.15, 0.2) is 108 Å². The lowest BCUT2D eigenvalue weighted by molar-refractivity contribution is -0.384. The van der Waals surface area contributed by atoms with E-state index in [1.165, 1.54) is 33.5 Å². The number of fused-ring (bicyclic) bond motifs is 3. The topological polar surface area (TPSA) is 228 Å². The van der Waals surface area contributed by atoms with Gasteiger partial charge in [-0.2, -0.15) is 0 Å². The summed E-state index contributed by atoms with van der Waals surface area (Å²) in [6.07, 6.45) is 6.25. The number of nitro groups is 1. The summed E-state index contributed by atoms with van der Waals surface area (Å²) < 4.78 is 48.1. The Kier molecular flexibility index (Phi) is 16.5. The average molecular weight is 993 g/mol. The van der Waals surface area contributed by atoms with Crippen LogP contribution in [0.2, 0.25) is 0 Å². The SMILES string of the molecule is C=CCO[C@@]12Oc3ccc(OC(=O)Nc4ccc(OC)cc4OC)cc3[C@H]3[C@H](CCCCO)[C@@H](CCCCO)C=C(C(=NOCc4ccc([N+](=O)[O-])cc4)C[C@@H]1N(Cc1ccc4c(c1)OCO4)C(=O)OC)[C@H]32. The number of non-ortho nitro benzene ring substituents is 1. The van der Waals surface area contributed by atoms with Crippen molar-refractivity contribution in [3.05, 3.63) is 130 Å². The number of carbonyl (C=O) groups is 2. The molecule has 8 rings (SSSR count). The largest absolute Gasteiger partial charge is 0.497 e. The predicted molar refractivity (Wildman–Crippen MR) is 263 cm³/mol. The van der Waals surface area contributed by atoms with Gasteiger partial charge in [0.05, 0.1) is 50.2 Å². The van der Waals surface area contributed by atoms with E-state index in [1.807, 2.05) is 12.1 Å². The van der Waals surface area contributed by atoms with Gasteiger partial charge in [-0.25, -0.2) is 9.59 Å². The second-order valence-corrected chi connectivity index (χ2v) is 17.8. The molecule has 72 heavy (non-hydrogen) atoms. The highest BCUT2D eigenvalue weighted by atomic mass is 16.7. The zero-order valence-electron chi connectivity index (χ0n) is 40.5. The Bertz CT molecular complexity index is 2660. The molecule has 19 heteroatoms. The lowest BCUT2D eigenvalue weighted by Gasteiger charge is -2.59. The zero-order valence-corrected chi connectivity index (χ0v) is 40.5. The van der Waals surface area contributed by atoms with Crippen molar-refractivity contribution in [3.8, 4) is 34.5 Å². The van der Waals surface area contributed by atoms with E-state index in [4.69, 9.17) is 47.9 Å². The third kappa shape index (κ3) is 10.9. The fourth-order valence-electron chi connectivity index (χ4n) is 10.4. The highest BCUT2D eigenvalue weighted by molar-refractivity contribution is 6.03. The molecule has 2 aliphatic carbocycles. The molecule has 2 amide bonds. The number of benzene rings is 4. The molecule has 4 aliphatic rings. The van der Waals surface area contributed by atoms with Crippen molar-refractivity contribution >= 4 is 29.3 Å². The third-order valence-corrected chi connectivity index (χ3v) is 13.6. The number of anilines is 1. The normalized spacial score (nSPS) is 21.8. The number of aliphatic hydroxyl groups is 2. The fraction of sp³-hybridized carbons (Fsp3) is 0.415. The van der Waals surface area contributed by atoms with E-state index < -0.39 is 40.8 Å². The van der Waals surface area contributed by atoms with Crippen LogP contribution in [0.25, 0.3) is 0 Å². The van der Waals surface area contributed by atoms with E-state index in [9.17, 15) is 29.9 Å². The number of aliphatic hydroxyl groups excluding tert-OH is 2. The number of oxime groups is 1. The number of nitro benzene ring substituents is 1. The van der Waals surface area contributed by atoms with Crippen molar-refractivity contribution < 1.29 is 67.5 Å². The minimum absolute atomic E-state index is 0.00578. The van der Waals surface area contributed by atoms with Crippen LogP contribution < -0.4 is 33.7 Å². The molecule has 4 aromatic carbocycles. The van der Waals surface area contributed by atoms with Gasteiger partial charge in [-0.05, 0) is 109 Å². The first kappa shape index (κ1) is 51.0. The van der Waals surface area contributed by atoms with Gasteiger partial charge in [-0.1, -0.05) is 36.2 Å². The number of unbranched alkanes of at least 4 members (excludes halogenated alkanes) is 2. The van der Waals surface area contributed by atoms with Gasteiger partial charge in [-0.15, -0.1) is 6.58 Å². The van der Waals surface area contributed by atoms with Crippen molar-refractivity contribution in [2.24, 2.45) is 22.9 Å². The number of methoxy groups -OCH3 is 3. The minimum atomic E-state index is -1.64. The Hall–Kier alpha value is -7.35. The van der Waals surface area contributed by atoms with Gasteiger partial charge in [0.25, 0.3) is 5.69 Å². The number of ether oxygens (including phenoxy) is 8. The van der Waals surface area contributed by atoms with E-state index in [1.54, 1.807) is 65.6 Å². The van der Waals surface area contributed by atoms with Gasteiger partial charge >= 0.3 is 12.2 Å². The standard InChI is InChI=1S/C53H60N4O15/c1-5-24-69-53-48(56(52(61)66-4)30-34-14-20-45-47(25-34)68-32-67-45)29-43(55-70-31-33-12-15-36(16-13-33)57(62)63)40-26-35(10-6-8-22-58)39(11-7-9-23-59)49(50(40)53)41-27-38(18-21-44(41)72-53)71-51(60)54-42-19-17-37(64-2)28-46(42)65-3/h5,12-21,25-28,35,39,48-50,58-59H,1,6-11,22-24,29-32H2,2-4H3,(H,54,60)/t35-,39+,48-,49+,50+,53+/m0/s1. The molecule has 0 bridgehead atoms. The van der Waals surface area contributed by atoms with E-state index in [0.717, 1.165) is 5.57 Å². The average Bonchev–Trinajstić information content (AvgIpc) is 3.87. The van der Waals surface area contributed by atoms with Crippen LogP contribution in [0.4, 0.5) is 21.0 Å². The molecule has 2 aliphatic heterocycles. The maximum atomic E-state index is 14.5. The summed E-state index contributed by atoms with van der Waals surface area (Å²) in [6, 6.07) is 20.6. The van der Waals surface area contributed by atoms with Gasteiger partial charge in [0.15, 0.2) is 11.5 Å². The van der Waals surface area contributed by atoms with Crippen molar-refractivity contribution in [3.63, 3.8) is 0 Å². The number of allylic oxidation sites excluding steroid dienone is 1. The van der Waals surface area contributed by atoms with E-state index in [2.05, 4.69) is 18.0 Å². The Morgan fingerprint density at radius 3 is 2.36 bits per heavy atom. The molecule has 2 heterocycles. The number of nitrogens with zero attached hydrogens (tertiary/aromatic N) is 3. The Morgan fingerprint density at radius 1 is 0.903 bits per heavy atom. The number of amides is 2. The molecule has 0 radical (unpaired) electrons. The molecule has 19 nitrogen and oxygen atoms in total. The quantitative estimate of drug-likeness (QED) is 0.0289. The molecular weight excluding hydrogens is 933 g/mol. The zero-order chi connectivity index (χ0) is 50.8. The molecule has 4 aromatic rings. The first-order chi connectivity index (χ1) is 35.0. The van der Waals surface area contributed by atoms with Crippen LogP contribution in [-0.4, -0.2) is 97.7 Å². The monoisotopic (exact) mass is 992 g/mol. The van der Waals surface area contributed by atoms with Gasteiger partial charge in [0.1, 0.15) is 35.6 Å². The lowest BCUT2D eigenvalue weighted by Crippen LogP contribution is -2.70. The van der Waals surface area contributed by atoms with Gasteiger partial charge < -0.3 is 52.9 Å². The molecule has 0 saturated heterocycles. The number of hydrogen-bond acceptors (Lipinski definition) is 16. The fourth-order valence-corrected chi connectivity index (χ4v) is 10.4. The second-order valence-electron chi connectivity index (χ2n) is 17.8. The number of carbonyl (C=O) groups excluding carboxylic acids is 2. The van der Waals surface area contributed by atoms with Crippen molar-refractivity contribution in [1.82, 2.24) is 4.90 Å². The highest BCUT2D eigenvalue weighted by Crippen LogP contribution is 2.62. The maximum Gasteiger partial charge on any atom is 0.417 e. The van der Waals surface area contributed by atoms with Crippen LogP contribution in [0.3, 0.4) is 0 Å². The predicted octanol–water partition coefficient (Wildman–Crippen LogP) is 9.05. The molecule has 0 unspecified atom stereocenters. The molecule has 6 atom stereocenters. The Labute approximate surface area is 417 Å². The summed E-state index contributed by atoms with van der Waals surface area (Å²) in [5.74, 6) is -0.428. The number of rotatable bonds is 22. The summed E-state index contributed by atoms with van der Waals surface area (Å²) in [7, 11) is 4.31. The smallest absolute Gasteiger partial charge is 0.417 e. The van der Waals surface area contributed by atoms with Crippen LogP contribution in [0, 0.1) is 27.9 Å². The summed E-state index contributed by atoms with van der Waals surface area (Å²) in [4.78, 5) is 46.8. The van der Waals surface area contributed by atoms with Gasteiger partial charge in [0, 0.05) is 55.9 Å². The van der Waals surface area contributed by atoms with Gasteiger partial charge in [-0.3, -0.25) is 20.3 Å². The molecule has 1 saturated carbocycles. The summed E-state index contributed by atoms with van der Waals surface area (Å²) >= 11 is 0. The minimum Gasteiger partial charge on any atom is -0.497 e. The third-order valence-electron chi connectivity index (χ3n) is 13.6. The van der Waals surface area contributed by atoms with Crippen LogP contribution >= 0.6 is 0 Å². The Morgan fingerprint density at radius 2 is 1.64 bits per heavy atom. The maximum absolute atomic E-state index is 14.5. The van der Waals surface area contributed by atoms with Crippen LogP contribution in [0.5, 0.6) is 34.5 Å². The lowest BCUT2D eigenvalue weighted by atomic mass is 9.55. The summed E-state index contributed by atoms with van der Waals surface area (Å²) in [5.41, 5.74) is 3.60. The van der Waals surface area contributed by atoms with E-state index >= 15 is 0 Å². The second kappa shape index (κ2) is 23.3. The first-order valence-corrected chi connectivity index (χ1v) is 23.9. The van der Waals surface area contributed by atoms with Crippen molar-refractivity contribution in [2.45, 2.75) is 75.8 Å². The van der Waals surface area contributed by atoms with Crippen molar-refractivity contribution in [1.29, 1.82) is 0 Å².